The second-order valence-corrected chi connectivity index (χ2v) is 6.84. The lowest BCUT2D eigenvalue weighted by atomic mass is 10.1. The van der Waals surface area contributed by atoms with Crippen LogP contribution in [0.2, 0.25) is 10.0 Å². The first-order valence-electron chi connectivity index (χ1n) is 6.26. The van der Waals surface area contributed by atoms with Crippen LogP contribution in [0.3, 0.4) is 0 Å². The molecule has 0 amide bonds. The number of hydrogen-bond donors (Lipinski definition) is 1. The van der Waals surface area contributed by atoms with Crippen LogP contribution in [0.4, 0.5) is 10.1 Å². The van der Waals surface area contributed by atoms with E-state index in [1.165, 1.54) is 10.5 Å². The van der Waals surface area contributed by atoms with Gasteiger partial charge in [0, 0.05) is 22.4 Å². The van der Waals surface area contributed by atoms with E-state index in [4.69, 9.17) is 23.2 Å². The normalized spacial score (nSPS) is 17.1. The van der Waals surface area contributed by atoms with Crippen LogP contribution in [-0.2, 0) is 6.42 Å². The smallest absolute Gasteiger partial charge is 0.160 e. The van der Waals surface area contributed by atoms with Gasteiger partial charge in [-0.15, -0.1) is 11.8 Å². The van der Waals surface area contributed by atoms with Crippen molar-refractivity contribution in [1.82, 2.24) is 0 Å². The highest BCUT2D eigenvalue weighted by Crippen LogP contribution is 2.37. The Bertz CT molecular complexity index is 600. The van der Waals surface area contributed by atoms with Gasteiger partial charge in [-0.2, -0.15) is 0 Å². The van der Waals surface area contributed by atoms with Crippen LogP contribution >= 0.6 is 35.0 Å². The minimum absolute atomic E-state index is 0.0439. The van der Waals surface area contributed by atoms with E-state index < -0.39 is 5.82 Å². The van der Waals surface area contributed by atoms with Gasteiger partial charge in [0.25, 0.3) is 0 Å². The summed E-state index contributed by atoms with van der Waals surface area (Å²) < 4.78 is 13.3. The SMILES string of the molecule is Fc1c(Cl)cc(NCC2Cc3ccccc3S2)cc1Cl. The lowest BCUT2D eigenvalue weighted by molar-refractivity contribution is 0.629. The molecule has 20 heavy (non-hydrogen) atoms. The summed E-state index contributed by atoms with van der Waals surface area (Å²) in [5, 5.41) is 3.83. The van der Waals surface area contributed by atoms with Crippen LogP contribution in [0.5, 0.6) is 0 Å². The molecule has 1 nitrogen and oxygen atoms in total. The van der Waals surface area contributed by atoms with Crippen molar-refractivity contribution in [3.63, 3.8) is 0 Å². The highest BCUT2D eigenvalue weighted by atomic mass is 35.5. The fourth-order valence-corrected chi connectivity index (χ4v) is 3.99. The molecule has 0 saturated heterocycles. The summed E-state index contributed by atoms with van der Waals surface area (Å²) in [5.74, 6) is -0.568. The highest BCUT2D eigenvalue weighted by Gasteiger charge is 2.21. The number of hydrogen-bond acceptors (Lipinski definition) is 2. The van der Waals surface area contributed by atoms with E-state index in [1.54, 1.807) is 12.1 Å². The third-order valence-electron chi connectivity index (χ3n) is 3.23. The fourth-order valence-electron chi connectivity index (χ4n) is 2.26. The maximum absolute atomic E-state index is 13.3. The fraction of sp³-hybridized carbons (Fsp3) is 0.200. The predicted octanol–water partition coefficient (Wildman–Crippen LogP) is 5.26. The highest BCUT2D eigenvalue weighted by molar-refractivity contribution is 8.00. The molecule has 1 aliphatic heterocycles. The van der Waals surface area contributed by atoms with Crippen molar-refractivity contribution >= 4 is 40.7 Å². The number of halogens is 3. The first kappa shape index (κ1) is 14.1. The zero-order valence-electron chi connectivity index (χ0n) is 10.5. The molecule has 3 rings (SSSR count). The van der Waals surface area contributed by atoms with Crippen LogP contribution in [0, 0.1) is 5.82 Å². The number of nitrogens with one attached hydrogen (secondary N) is 1. The average molecular weight is 328 g/mol. The van der Waals surface area contributed by atoms with Gasteiger partial charge >= 0.3 is 0 Å². The molecule has 0 saturated carbocycles. The molecule has 5 heteroatoms. The first-order valence-corrected chi connectivity index (χ1v) is 7.90. The maximum atomic E-state index is 13.3. The van der Waals surface area contributed by atoms with Crippen LogP contribution in [0.25, 0.3) is 0 Å². The van der Waals surface area contributed by atoms with Gasteiger partial charge in [-0.1, -0.05) is 41.4 Å². The Labute approximate surface area is 131 Å². The van der Waals surface area contributed by atoms with Crippen LogP contribution < -0.4 is 5.32 Å². The molecule has 1 atom stereocenters. The van der Waals surface area contributed by atoms with E-state index >= 15 is 0 Å². The molecule has 1 heterocycles. The van der Waals surface area contributed by atoms with Gasteiger partial charge in [-0.3, -0.25) is 0 Å². The number of thioether (sulfide) groups is 1. The van der Waals surface area contributed by atoms with E-state index in [9.17, 15) is 4.39 Å². The monoisotopic (exact) mass is 327 g/mol. The van der Waals surface area contributed by atoms with Crippen molar-refractivity contribution in [1.29, 1.82) is 0 Å². The molecule has 1 unspecified atom stereocenters. The molecule has 0 aliphatic carbocycles. The molecule has 0 radical (unpaired) electrons. The lowest BCUT2D eigenvalue weighted by Gasteiger charge is -2.12. The Morgan fingerprint density at radius 2 is 1.90 bits per heavy atom. The molecular formula is C15H12Cl2FNS. The maximum Gasteiger partial charge on any atom is 0.160 e. The number of fused-ring (bicyclic) bond motifs is 1. The van der Waals surface area contributed by atoms with Gasteiger partial charge in [0.15, 0.2) is 5.82 Å². The van der Waals surface area contributed by atoms with E-state index in [1.807, 2.05) is 11.8 Å². The zero-order valence-corrected chi connectivity index (χ0v) is 12.8. The molecule has 1 N–H and O–H groups in total. The number of rotatable bonds is 3. The standard InChI is InChI=1S/C15H12Cl2FNS/c16-12-6-10(7-13(17)15(12)18)19-8-11-5-9-3-1-2-4-14(9)20-11/h1-4,6-7,11,19H,5,8H2. The topological polar surface area (TPSA) is 12.0 Å². The Balaban J connectivity index is 1.64. The van der Waals surface area contributed by atoms with Crippen molar-refractivity contribution in [3.8, 4) is 0 Å². The first-order chi connectivity index (χ1) is 9.63. The summed E-state index contributed by atoms with van der Waals surface area (Å²) in [6, 6.07) is 11.6. The van der Waals surface area contributed by atoms with Crippen molar-refractivity contribution in [2.45, 2.75) is 16.6 Å². The molecule has 0 spiro atoms. The summed E-state index contributed by atoms with van der Waals surface area (Å²) in [5.41, 5.74) is 2.14. The number of benzene rings is 2. The van der Waals surface area contributed by atoms with Gasteiger partial charge in [0.1, 0.15) is 0 Å². The van der Waals surface area contributed by atoms with E-state index in [2.05, 4.69) is 29.6 Å². The van der Waals surface area contributed by atoms with Gasteiger partial charge in [-0.05, 0) is 30.2 Å². The molecule has 0 aromatic heterocycles. The van der Waals surface area contributed by atoms with E-state index in [0.717, 1.165) is 18.7 Å². The molecule has 2 aromatic carbocycles. The Morgan fingerprint density at radius 1 is 1.20 bits per heavy atom. The summed E-state index contributed by atoms with van der Waals surface area (Å²) in [7, 11) is 0. The average Bonchev–Trinajstić information content (AvgIpc) is 2.85. The largest absolute Gasteiger partial charge is 0.384 e. The third kappa shape index (κ3) is 2.90. The second-order valence-electron chi connectivity index (χ2n) is 4.69. The third-order valence-corrected chi connectivity index (χ3v) is 5.10. The van der Waals surface area contributed by atoms with Crippen molar-refractivity contribution in [2.75, 3.05) is 11.9 Å². The van der Waals surface area contributed by atoms with Crippen molar-refractivity contribution < 1.29 is 4.39 Å². The molecule has 0 fully saturated rings. The second kappa shape index (κ2) is 5.84. The lowest BCUT2D eigenvalue weighted by Crippen LogP contribution is -2.15. The molecule has 2 aromatic rings. The molecular weight excluding hydrogens is 316 g/mol. The van der Waals surface area contributed by atoms with Gasteiger partial charge < -0.3 is 5.32 Å². The molecule has 104 valence electrons. The summed E-state index contributed by atoms with van der Waals surface area (Å²) in [6.45, 7) is 0.789. The zero-order chi connectivity index (χ0) is 14.1. The Hall–Kier alpha value is -0.900. The predicted molar refractivity (Wildman–Crippen MR) is 84.7 cm³/mol. The minimum Gasteiger partial charge on any atom is -0.384 e. The summed E-state index contributed by atoms with van der Waals surface area (Å²) in [6.07, 6.45) is 1.04. The summed E-state index contributed by atoms with van der Waals surface area (Å²) in [4.78, 5) is 1.34. The van der Waals surface area contributed by atoms with Crippen LogP contribution in [0.1, 0.15) is 5.56 Å². The minimum atomic E-state index is -0.568. The van der Waals surface area contributed by atoms with Gasteiger partial charge in [-0.25, -0.2) is 4.39 Å². The quantitative estimate of drug-likeness (QED) is 0.771. The van der Waals surface area contributed by atoms with E-state index in [-0.39, 0.29) is 10.0 Å². The van der Waals surface area contributed by atoms with Crippen molar-refractivity contribution in [3.05, 3.63) is 57.8 Å². The molecule has 0 bridgehead atoms. The van der Waals surface area contributed by atoms with E-state index in [0.29, 0.717) is 5.25 Å². The summed E-state index contributed by atoms with van der Waals surface area (Å²) >= 11 is 13.4. The Morgan fingerprint density at radius 3 is 2.60 bits per heavy atom. The molecule has 1 aliphatic rings. The van der Waals surface area contributed by atoms with Crippen LogP contribution in [0.15, 0.2) is 41.3 Å². The van der Waals surface area contributed by atoms with Crippen LogP contribution in [-0.4, -0.2) is 11.8 Å². The van der Waals surface area contributed by atoms with Gasteiger partial charge in [0.2, 0.25) is 0 Å². The van der Waals surface area contributed by atoms with Crippen molar-refractivity contribution in [2.24, 2.45) is 0 Å². The number of anilines is 1. The van der Waals surface area contributed by atoms with Gasteiger partial charge in [0.05, 0.1) is 10.0 Å². The Kier molecular flexibility index (Phi) is 4.11.